The topological polar surface area (TPSA) is 3.24 Å². The Morgan fingerprint density at radius 1 is 0.938 bits per heavy atom. The van der Waals surface area contributed by atoms with Gasteiger partial charge in [0.1, 0.15) is 0 Å². The first-order valence-corrected chi connectivity index (χ1v) is 7.49. The minimum Gasteiger partial charge on any atom is -0.300 e. The summed E-state index contributed by atoms with van der Waals surface area (Å²) in [6.07, 6.45) is 11.8. The fraction of sp³-hybridized carbons (Fsp3) is 1.00. The second-order valence-electron chi connectivity index (χ2n) is 6.40. The Morgan fingerprint density at radius 2 is 1.56 bits per heavy atom. The molecule has 1 aliphatic carbocycles. The summed E-state index contributed by atoms with van der Waals surface area (Å²) in [5.74, 6) is 1.92. The van der Waals surface area contributed by atoms with E-state index in [-0.39, 0.29) is 0 Å². The lowest BCUT2D eigenvalue weighted by molar-refractivity contribution is 0.101. The summed E-state index contributed by atoms with van der Waals surface area (Å²) in [5.41, 5.74) is 0. The standard InChI is InChI=1S/C15H29N/c1-13(2)12-14-8-10-16(11-9-14)15-6-4-3-5-7-15/h13-15H,3-12H2,1-2H3. The molecule has 1 saturated carbocycles. The fourth-order valence-electron chi connectivity index (χ4n) is 3.67. The lowest BCUT2D eigenvalue weighted by atomic mass is 9.86. The maximum absolute atomic E-state index is 2.80. The van der Waals surface area contributed by atoms with Gasteiger partial charge in [0.05, 0.1) is 0 Å². The van der Waals surface area contributed by atoms with Crippen LogP contribution in [0, 0.1) is 11.8 Å². The normalized spacial score (nSPS) is 26.4. The van der Waals surface area contributed by atoms with Gasteiger partial charge in [-0.05, 0) is 57.0 Å². The third-order valence-electron chi connectivity index (χ3n) is 4.54. The van der Waals surface area contributed by atoms with Crippen molar-refractivity contribution in [3.05, 3.63) is 0 Å². The molecular weight excluding hydrogens is 194 g/mol. The number of hydrogen-bond donors (Lipinski definition) is 0. The molecule has 1 aliphatic heterocycles. The van der Waals surface area contributed by atoms with E-state index >= 15 is 0 Å². The zero-order chi connectivity index (χ0) is 11.4. The van der Waals surface area contributed by atoms with Gasteiger partial charge in [0, 0.05) is 6.04 Å². The van der Waals surface area contributed by atoms with E-state index in [2.05, 4.69) is 18.7 Å². The number of nitrogens with zero attached hydrogens (tertiary/aromatic N) is 1. The first-order chi connectivity index (χ1) is 7.75. The number of rotatable bonds is 3. The Morgan fingerprint density at radius 3 is 2.12 bits per heavy atom. The van der Waals surface area contributed by atoms with Gasteiger partial charge in [-0.1, -0.05) is 33.1 Å². The highest BCUT2D eigenvalue weighted by Gasteiger charge is 2.26. The van der Waals surface area contributed by atoms with Crippen molar-refractivity contribution >= 4 is 0 Å². The lowest BCUT2D eigenvalue weighted by Gasteiger charge is -2.39. The molecule has 0 bridgehead atoms. The van der Waals surface area contributed by atoms with Gasteiger partial charge < -0.3 is 4.90 Å². The maximum atomic E-state index is 2.80. The Kier molecular flexibility index (Phi) is 4.69. The monoisotopic (exact) mass is 223 g/mol. The van der Waals surface area contributed by atoms with E-state index in [1.807, 2.05) is 0 Å². The molecule has 1 heterocycles. The van der Waals surface area contributed by atoms with Gasteiger partial charge in [-0.3, -0.25) is 0 Å². The largest absolute Gasteiger partial charge is 0.300 e. The average molecular weight is 223 g/mol. The smallest absolute Gasteiger partial charge is 0.00952 e. The molecule has 1 heteroatoms. The first-order valence-electron chi connectivity index (χ1n) is 7.49. The minimum absolute atomic E-state index is 0.895. The summed E-state index contributed by atoms with van der Waals surface area (Å²) < 4.78 is 0. The lowest BCUT2D eigenvalue weighted by Crippen LogP contribution is -2.42. The van der Waals surface area contributed by atoms with Crippen LogP contribution in [-0.2, 0) is 0 Å². The molecule has 0 aromatic carbocycles. The van der Waals surface area contributed by atoms with Crippen molar-refractivity contribution in [3.63, 3.8) is 0 Å². The molecule has 2 rings (SSSR count). The summed E-state index contributed by atoms with van der Waals surface area (Å²) in [6, 6.07) is 0.953. The van der Waals surface area contributed by atoms with E-state index in [9.17, 15) is 0 Å². The van der Waals surface area contributed by atoms with Crippen LogP contribution in [0.3, 0.4) is 0 Å². The zero-order valence-electron chi connectivity index (χ0n) is 11.3. The van der Waals surface area contributed by atoms with Crippen molar-refractivity contribution < 1.29 is 0 Å². The number of likely N-dealkylation sites (tertiary alicyclic amines) is 1. The van der Waals surface area contributed by atoms with Crippen LogP contribution >= 0.6 is 0 Å². The van der Waals surface area contributed by atoms with Crippen molar-refractivity contribution in [2.75, 3.05) is 13.1 Å². The number of piperidine rings is 1. The van der Waals surface area contributed by atoms with Gasteiger partial charge >= 0.3 is 0 Å². The predicted octanol–water partition coefficient (Wildman–Crippen LogP) is 4.08. The molecule has 0 aromatic heterocycles. The highest BCUT2D eigenvalue weighted by atomic mass is 15.2. The third-order valence-corrected chi connectivity index (χ3v) is 4.54. The molecule has 0 unspecified atom stereocenters. The molecule has 0 aromatic rings. The SMILES string of the molecule is CC(C)CC1CCN(C2CCCCC2)CC1. The summed E-state index contributed by atoms with van der Waals surface area (Å²) in [7, 11) is 0. The van der Waals surface area contributed by atoms with Crippen molar-refractivity contribution in [1.29, 1.82) is 0 Å². The van der Waals surface area contributed by atoms with Crippen LogP contribution in [0.5, 0.6) is 0 Å². The molecule has 16 heavy (non-hydrogen) atoms. The van der Waals surface area contributed by atoms with Crippen LogP contribution in [0.4, 0.5) is 0 Å². The average Bonchev–Trinajstić information content (AvgIpc) is 2.30. The van der Waals surface area contributed by atoms with Gasteiger partial charge in [0.25, 0.3) is 0 Å². The quantitative estimate of drug-likeness (QED) is 0.697. The highest BCUT2D eigenvalue weighted by Crippen LogP contribution is 2.29. The predicted molar refractivity (Wildman–Crippen MR) is 70.6 cm³/mol. The maximum Gasteiger partial charge on any atom is 0.00952 e. The summed E-state index contributed by atoms with van der Waals surface area (Å²) in [5, 5.41) is 0. The van der Waals surface area contributed by atoms with Crippen LogP contribution in [-0.4, -0.2) is 24.0 Å². The molecule has 2 fully saturated rings. The van der Waals surface area contributed by atoms with Crippen LogP contribution in [0.25, 0.3) is 0 Å². The molecule has 0 atom stereocenters. The second kappa shape index (κ2) is 6.05. The molecule has 0 radical (unpaired) electrons. The van der Waals surface area contributed by atoms with Crippen LogP contribution in [0.1, 0.15) is 65.2 Å². The molecule has 0 N–H and O–H groups in total. The van der Waals surface area contributed by atoms with E-state index in [0.717, 1.165) is 17.9 Å². The number of hydrogen-bond acceptors (Lipinski definition) is 1. The summed E-state index contributed by atoms with van der Waals surface area (Å²) in [6.45, 7) is 7.52. The van der Waals surface area contributed by atoms with Crippen molar-refractivity contribution in [2.45, 2.75) is 71.3 Å². The summed E-state index contributed by atoms with van der Waals surface area (Å²) >= 11 is 0. The van der Waals surface area contributed by atoms with Crippen LogP contribution < -0.4 is 0 Å². The van der Waals surface area contributed by atoms with Gasteiger partial charge in [0.2, 0.25) is 0 Å². The van der Waals surface area contributed by atoms with Gasteiger partial charge in [-0.25, -0.2) is 0 Å². The van der Waals surface area contributed by atoms with E-state index in [0.29, 0.717) is 0 Å². The molecule has 1 nitrogen and oxygen atoms in total. The summed E-state index contributed by atoms with van der Waals surface area (Å²) in [4.78, 5) is 2.80. The van der Waals surface area contributed by atoms with Crippen molar-refractivity contribution in [1.82, 2.24) is 4.90 Å². The van der Waals surface area contributed by atoms with Crippen LogP contribution in [0.2, 0.25) is 0 Å². The zero-order valence-corrected chi connectivity index (χ0v) is 11.3. The Balaban J connectivity index is 1.71. The molecular formula is C15H29N. The molecule has 0 spiro atoms. The fourth-order valence-corrected chi connectivity index (χ4v) is 3.67. The van der Waals surface area contributed by atoms with Gasteiger partial charge in [-0.15, -0.1) is 0 Å². The third kappa shape index (κ3) is 3.48. The van der Waals surface area contributed by atoms with E-state index in [1.54, 1.807) is 0 Å². The van der Waals surface area contributed by atoms with E-state index in [1.165, 1.54) is 64.5 Å². The van der Waals surface area contributed by atoms with Gasteiger partial charge in [-0.2, -0.15) is 0 Å². The van der Waals surface area contributed by atoms with Crippen LogP contribution in [0.15, 0.2) is 0 Å². The Hall–Kier alpha value is -0.0400. The molecule has 0 amide bonds. The molecule has 2 aliphatic rings. The van der Waals surface area contributed by atoms with Crippen molar-refractivity contribution in [2.24, 2.45) is 11.8 Å². The molecule has 94 valence electrons. The first kappa shape index (κ1) is 12.4. The minimum atomic E-state index is 0.895. The Labute approximate surface area is 102 Å². The van der Waals surface area contributed by atoms with Gasteiger partial charge in [0.15, 0.2) is 0 Å². The Bertz CT molecular complexity index is 186. The van der Waals surface area contributed by atoms with E-state index in [4.69, 9.17) is 0 Å². The molecule has 1 saturated heterocycles. The second-order valence-corrected chi connectivity index (χ2v) is 6.40. The van der Waals surface area contributed by atoms with E-state index < -0.39 is 0 Å². The highest BCUT2D eigenvalue weighted by molar-refractivity contribution is 4.81. The van der Waals surface area contributed by atoms with Crippen molar-refractivity contribution in [3.8, 4) is 0 Å².